The molecule has 19 heteroatoms. The van der Waals surface area contributed by atoms with Crippen molar-refractivity contribution in [3.63, 3.8) is 0 Å². The molecule has 0 aliphatic carbocycles. The van der Waals surface area contributed by atoms with Crippen LogP contribution in [0.25, 0.3) is 0 Å². The smallest absolute Gasteiger partial charge is 0.303 e. The number of carboxylic acid groups (broad SMARTS) is 1. The highest BCUT2D eigenvalue weighted by Crippen LogP contribution is 2.43. The van der Waals surface area contributed by atoms with Crippen molar-refractivity contribution >= 4 is 41.8 Å². The molecule has 1 unspecified atom stereocenters. The van der Waals surface area contributed by atoms with E-state index in [0.29, 0.717) is 0 Å². The molecule has 3 heterocycles. The molecule has 0 aromatic rings. The summed E-state index contributed by atoms with van der Waals surface area (Å²) in [4.78, 5) is 84.2. The molecule has 0 aromatic carbocycles. The molecule has 1 N–H and O–H groups in total. The molecule has 10 atom stereocenters. The van der Waals surface area contributed by atoms with Crippen molar-refractivity contribution in [1.29, 1.82) is 0 Å². The molecule has 3 fully saturated rings. The Labute approximate surface area is 274 Å². The summed E-state index contributed by atoms with van der Waals surface area (Å²) in [6, 6.07) is 0. The Morgan fingerprint density at radius 2 is 1.29 bits per heavy atom. The molecular weight excluding hydrogens is 652 g/mol. The van der Waals surface area contributed by atoms with Gasteiger partial charge in [-0.25, -0.2) is 0 Å². The first-order valence-corrected chi connectivity index (χ1v) is 14.8. The minimum atomic E-state index is -2.40. The molecule has 3 saturated heterocycles. The van der Waals surface area contributed by atoms with E-state index in [9.17, 15) is 38.7 Å². The lowest BCUT2D eigenvalue weighted by atomic mass is 9.95. The standard InChI is InChI=1S/C29H40O19/c1-13(30)38-10-20-23(41-15(3)32)26(44-18(6)35)29(46-20,12-39-14(2)31)48-27-25(43-17(5)34)24(42-16(4)33)22-19(45-27)11-40-28(7,47-22)9-8-21(36)37/h19-20,22-27H,8-12H2,1-7H3,(H,36,37)/t19-,20-,22-,23-,24+,25-,26+,27-,28?,29+/m1/s1. The lowest BCUT2D eigenvalue weighted by Crippen LogP contribution is -2.68. The van der Waals surface area contributed by atoms with Crippen molar-refractivity contribution in [2.24, 2.45) is 0 Å². The van der Waals surface area contributed by atoms with Gasteiger partial charge < -0.3 is 57.2 Å². The van der Waals surface area contributed by atoms with Gasteiger partial charge in [-0.15, -0.1) is 0 Å². The van der Waals surface area contributed by atoms with Crippen molar-refractivity contribution in [3.05, 3.63) is 0 Å². The third-order valence-electron chi connectivity index (χ3n) is 7.21. The van der Waals surface area contributed by atoms with E-state index >= 15 is 0 Å². The van der Waals surface area contributed by atoms with E-state index < -0.39 is 116 Å². The molecule has 270 valence electrons. The Morgan fingerprint density at radius 3 is 1.83 bits per heavy atom. The highest BCUT2D eigenvalue weighted by Gasteiger charge is 2.65. The molecule has 3 aliphatic heterocycles. The van der Waals surface area contributed by atoms with Crippen molar-refractivity contribution in [3.8, 4) is 0 Å². The van der Waals surface area contributed by atoms with E-state index in [4.69, 9.17) is 52.1 Å². The zero-order chi connectivity index (χ0) is 36.0. The third kappa shape index (κ3) is 10.0. The average molecular weight is 693 g/mol. The monoisotopic (exact) mass is 692 g/mol. The second-order valence-corrected chi connectivity index (χ2v) is 11.4. The van der Waals surface area contributed by atoms with Crippen LogP contribution in [-0.2, 0) is 85.7 Å². The second kappa shape index (κ2) is 16.0. The summed E-state index contributed by atoms with van der Waals surface area (Å²) in [7, 11) is 0. The average Bonchev–Trinajstić information content (AvgIpc) is 3.22. The number of carbonyl (C=O) groups excluding carboxylic acids is 6. The van der Waals surface area contributed by atoms with Gasteiger partial charge in [0.05, 0.1) is 13.0 Å². The van der Waals surface area contributed by atoms with Gasteiger partial charge in [0, 0.05) is 48.0 Å². The summed E-state index contributed by atoms with van der Waals surface area (Å²) in [6.45, 7) is 6.19. The Morgan fingerprint density at radius 1 is 0.729 bits per heavy atom. The largest absolute Gasteiger partial charge is 0.481 e. The minimum absolute atomic E-state index is 0.110. The lowest BCUT2D eigenvalue weighted by Gasteiger charge is -2.51. The predicted molar refractivity (Wildman–Crippen MR) is 149 cm³/mol. The molecule has 3 aliphatic rings. The Bertz CT molecular complexity index is 1250. The Kier molecular flexibility index (Phi) is 12.8. The van der Waals surface area contributed by atoms with Crippen LogP contribution in [0.5, 0.6) is 0 Å². The van der Waals surface area contributed by atoms with Crippen LogP contribution in [0.1, 0.15) is 61.3 Å². The van der Waals surface area contributed by atoms with Crippen LogP contribution in [0, 0.1) is 0 Å². The summed E-state index contributed by atoms with van der Waals surface area (Å²) >= 11 is 0. The number of carbonyl (C=O) groups is 7. The van der Waals surface area contributed by atoms with Gasteiger partial charge in [-0.1, -0.05) is 0 Å². The molecule has 48 heavy (non-hydrogen) atoms. The Balaban J connectivity index is 2.11. The van der Waals surface area contributed by atoms with Gasteiger partial charge in [0.1, 0.15) is 31.5 Å². The Hall–Kier alpha value is -3.91. The lowest BCUT2D eigenvalue weighted by molar-refractivity contribution is -0.418. The molecule has 0 bridgehead atoms. The van der Waals surface area contributed by atoms with Gasteiger partial charge in [-0.05, 0) is 6.92 Å². The van der Waals surface area contributed by atoms with Crippen LogP contribution in [0.2, 0.25) is 0 Å². The second-order valence-electron chi connectivity index (χ2n) is 11.4. The number of esters is 6. The molecular formula is C29H40O19. The van der Waals surface area contributed by atoms with Gasteiger partial charge in [-0.2, -0.15) is 0 Å². The maximum Gasteiger partial charge on any atom is 0.303 e. The first-order valence-electron chi connectivity index (χ1n) is 14.8. The molecule has 19 nitrogen and oxygen atoms in total. The summed E-state index contributed by atoms with van der Waals surface area (Å²) < 4.78 is 62.6. The number of aliphatic carboxylic acids is 1. The van der Waals surface area contributed by atoms with E-state index in [-0.39, 0.29) is 19.4 Å². The van der Waals surface area contributed by atoms with Gasteiger partial charge >= 0.3 is 41.8 Å². The summed E-state index contributed by atoms with van der Waals surface area (Å²) in [5, 5.41) is 9.19. The molecule has 0 radical (unpaired) electrons. The highest BCUT2D eigenvalue weighted by atomic mass is 16.8. The maximum atomic E-state index is 12.4. The predicted octanol–water partition coefficient (Wildman–Crippen LogP) is -0.328. The first kappa shape index (κ1) is 38.5. The van der Waals surface area contributed by atoms with Crippen molar-refractivity contribution < 1.29 is 90.8 Å². The number of fused-ring (bicyclic) bond motifs is 1. The summed E-state index contributed by atoms with van der Waals surface area (Å²) in [6.07, 6.45) is -12.3. The van der Waals surface area contributed by atoms with Crippen LogP contribution in [0.4, 0.5) is 0 Å². The van der Waals surface area contributed by atoms with Gasteiger partial charge in [-0.3, -0.25) is 33.6 Å². The quantitative estimate of drug-likeness (QED) is 0.192. The van der Waals surface area contributed by atoms with Crippen molar-refractivity contribution in [1.82, 2.24) is 0 Å². The van der Waals surface area contributed by atoms with Crippen molar-refractivity contribution in [2.45, 2.75) is 122 Å². The highest BCUT2D eigenvalue weighted by molar-refractivity contribution is 5.69. The number of carboxylic acids is 1. The number of rotatable bonds is 13. The fourth-order valence-electron chi connectivity index (χ4n) is 5.41. The van der Waals surface area contributed by atoms with Crippen LogP contribution in [-0.4, -0.2) is 127 Å². The van der Waals surface area contributed by atoms with E-state index in [1.54, 1.807) is 0 Å². The fraction of sp³-hybridized carbons (Fsp3) is 0.759. The molecule has 0 spiro atoms. The molecule has 0 amide bonds. The third-order valence-corrected chi connectivity index (χ3v) is 7.21. The van der Waals surface area contributed by atoms with E-state index in [1.165, 1.54) is 6.92 Å². The van der Waals surface area contributed by atoms with Gasteiger partial charge in [0.25, 0.3) is 0 Å². The van der Waals surface area contributed by atoms with Crippen LogP contribution >= 0.6 is 0 Å². The van der Waals surface area contributed by atoms with Crippen LogP contribution < -0.4 is 0 Å². The fourth-order valence-corrected chi connectivity index (χ4v) is 5.41. The topological polar surface area (TPSA) is 241 Å². The van der Waals surface area contributed by atoms with E-state index in [0.717, 1.165) is 41.5 Å². The summed E-state index contributed by atoms with van der Waals surface area (Å²) in [5.41, 5.74) is 0. The number of ether oxygens (including phenoxy) is 11. The SMILES string of the molecule is CC(=O)OC[C@H]1O[C@@](COC(C)=O)(O[C@H]2O[C@@H]3COC(C)(CCC(=O)O)O[C@H]3[C@H](OC(C)=O)[C@H]2OC(C)=O)[C@@H](OC(C)=O)[C@@H]1OC(C)=O. The van der Waals surface area contributed by atoms with E-state index in [2.05, 4.69) is 0 Å². The van der Waals surface area contributed by atoms with Crippen LogP contribution in [0.3, 0.4) is 0 Å². The molecule has 0 saturated carbocycles. The van der Waals surface area contributed by atoms with Crippen molar-refractivity contribution in [2.75, 3.05) is 19.8 Å². The van der Waals surface area contributed by atoms with Gasteiger partial charge in [0.15, 0.2) is 30.2 Å². The number of hydrogen-bond acceptors (Lipinski definition) is 18. The van der Waals surface area contributed by atoms with Gasteiger partial charge in [0.2, 0.25) is 12.1 Å². The van der Waals surface area contributed by atoms with Crippen LogP contribution in [0.15, 0.2) is 0 Å². The molecule has 3 rings (SSSR count). The summed E-state index contributed by atoms with van der Waals surface area (Å²) in [5.74, 6) is -10.1. The normalized spacial score (nSPS) is 34.1. The first-order chi connectivity index (χ1) is 22.3. The van der Waals surface area contributed by atoms with E-state index in [1.807, 2.05) is 0 Å². The number of hydrogen-bond donors (Lipinski definition) is 1. The molecule has 0 aromatic heterocycles. The maximum absolute atomic E-state index is 12.4. The minimum Gasteiger partial charge on any atom is -0.481 e. The zero-order valence-electron chi connectivity index (χ0n) is 27.5. The zero-order valence-corrected chi connectivity index (χ0v) is 27.5.